The summed E-state index contributed by atoms with van der Waals surface area (Å²) in [6.45, 7) is 1.70. The zero-order valence-electron chi connectivity index (χ0n) is 12.1. The molecule has 114 valence electrons. The topological polar surface area (TPSA) is 81.0 Å². The van der Waals surface area contributed by atoms with Gasteiger partial charge < -0.3 is 14.2 Å². The molecule has 1 amide bonds. The second kappa shape index (κ2) is 5.69. The number of nitroso groups, excluding NO2 is 1. The molecule has 0 saturated carbocycles. The van der Waals surface area contributed by atoms with Crippen LogP contribution in [-0.2, 0) is 16.6 Å². The van der Waals surface area contributed by atoms with E-state index in [2.05, 4.69) is 5.18 Å². The van der Waals surface area contributed by atoms with Crippen LogP contribution in [0.15, 0.2) is 29.6 Å². The third kappa shape index (κ3) is 2.39. The van der Waals surface area contributed by atoms with Crippen LogP contribution in [0.3, 0.4) is 0 Å². The number of fused-ring (bicyclic) bond motifs is 1. The molecular formula is C15H15N3O4. The second-order valence-electron chi connectivity index (χ2n) is 5.18. The molecule has 0 aliphatic carbocycles. The van der Waals surface area contributed by atoms with Gasteiger partial charge in [-0.15, -0.1) is 4.91 Å². The van der Waals surface area contributed by atoms with Crippen LogP contribution in [0.4, 0.5) is 5.69 Å². The van der Waals surface area contributed by atoms with Gasteiger partial charge in [0.25, 0.3) is 11.7 Å². The van der Waals surface area contributed by atoms with E-state index in [0.717, 1.165) is 5.52 Å². The summed E-state index contributed by atoms with van der Waals surface area (Å²) in [6, 6.07) is 4.82. The molecule has 0 spiro atoms. The highest BCUT2D eigenvalue weighted by atomic mass is 16.5. The molecule has 1 aromatic carbocycles. The lowest BCUT2D eigenvalue weighted by Crippen LogP contribution is -2.44. The largest absolute Gasteiger partial charge is 0.378 e. The van der Waals surface area contributed by atoms with Crippen LogP contribution < -0.4 is 0 Å². The van der Waals surface area contributed by atoms with Crippen LogP contribution in [-0.4, -0.2) is 47.5 Å². The lowest BCUT2D eigenvalue weighted by atomic mass is 10.1. The van der Waals surface area contributed by atoms with Crippen LogP contribution in [0.5, 0.6) is 0 Å². The van der Waals surface area contributed by atoms with Gasteiger partial charge in [0.2, 0.25) is 0 Å². The number of aromatic nitrogens is 1. The molecule has 1 aromatic heterocycles. The van der Waals surface area contributed by atoms with Crippen LogP contribution in [0.25, 0.3) is 10.9 Å². The fourth-order valence-corrected chi connectivity index (χ4v) is 2.64. The highest BCUT2D eigenvalue weighted by Crippen LogP contribution is 2.26. The normalized spacial score (nSPS) is 15.0. The van der Waals surface area contributed by atoms with Crippen molar-refractivity contribution in [3.8, 4) is 0 Å². The molecule has 1 fully saturated rings. The minimum Gasteiger partial charge on any atom is -0.378 e. The Bertz CT molecular complexity index is 759. The van der Waals surface area contributed by atoms with Crippen molar-refractivity contribution in [3.63, 3.8) is 0 Å². The van der Waals surface area contributed by atoms with E-state index in [1.165, 1.54) is 11.0 Å². The molecule has 1 saturated heterocycles. The molecule has 3 rings (SSSR count). The Morgan fingerprint density at radius 3 is 2.64 bits per heavy atom. The van der Waals surface area contributed by atoms with Gasteiger partial charge in [-0.25, -0.2) is 0 Å². The Morgan fingerprint density at radius 1 is 1.23 bits per heavy atom. The van der Waals surface area contributed by atoms with E-state index in [-0.39, 0.29) is 5.69 Å². The summed E-state index contributed by atoms with van der Waals surface area (Å²) >= 11 is 0. The van der Waals surface area contributed by atoms with Gasteiger partial charge in [0.15, 0.2) is 0 Å². The van der Waals surface area contributed by atoms with Crippen LogP contribution in [0, 0.1) is 4.91 Å². The van der Waals surface area contributed by atoms with E-state index in [9.17, 15) is 14.5 Å². The molecule has 2 aromatic rings. The first-order valence-electron chi connectivity index (χ1n) is 6.95. The summed E-state index contributed by atoms with van der Waals surface area (Å²) in [4.78, 5) is 37.0. The molecular weight excluding hydrogens is 286 g/mol. The number of benzene rings is 1. The molecule has 7 heteroatoms. The van der Waals surface area contributed by atoms with Crippen LogP contribution in [0.1, 0.15) is 10.4 Å². The number of carbonyl (C=O) groups excluding carboxylic acids is 2. The Hall–Kier alpha value is -2.54. The Kier molecular flexibility index (Phi) is 3.72. The van der Waals surface area contributed by atoms with E-state index < -0.39 is 11.7 Å². The minimum absolute atomic E-state index is 0.228. The van der Waals surface area contributed by atoms with Crippen LogP contribution >= 0.6 is 0 Å². The molecule has 22 heavy (non-hydrogen) atoms. The predicted octanol–water partition coefficient (Wildman–Crippen LogP) is 1.62. The minimum atomic E-state index is -0.574. The van der Waals surface area contributed by atoms with Crippen LogP contribution in [0.2, 0.25) is 0 Å². The van der Waals surface area contributed by atoms with E-state index in [1.807, 2.05) is 0 Å². The van der Waals surface area contributed by atoms with Gasteiger partial charge in [0.05, 0.1) is 18.8 Å². The molecule has 0 unspecified atom stereocenters. The number of ether oxygens (including phenoxy) is 1. The maximum absolute atomic E-state index is 12.5. The van der Waals surface area contributed by atoms with Crippen molar-refractivity contribution in [2.45, 2.75) is 0 Å². The van der Waals surface area contributed by atoms with Gasteiger partial charge in [0.1, 0.15) is 5.69 Å². The maximum atomic E-state index is 12.5. The summed E-state index contributed by atoms with van der Waals surface area (Å²) in [6.07, 6.45) is 1.61. The van der Waals surface area contributed by atoms with Gasteiger partial charge in [-0.05, 0) is 23.4 Å². The number of ketones is 1. The first-order chi connectivity index (χ1) is 10.6. The van der Waals surface area contributed by atoms with Crippen molar-refractivity contribution < 1.29 is 14.3 Å². The average Bonchev–Trinajstić information content (AvgIpc) is 2.90. The van der Waals surface area contributed by atoms with E-state index in [0.29, 0.717) is 37.3 Å². The number of nitrogens with zero attached hydrogens (tertiary/aromatic N) is 3. The molecule has 7 nitrogen and oxygen atoms in total. The number of amides is 1. The number of Topliss-reactive ketones (excluding diaryl/α,β-unsaturated/α-hetero) is 1. The summed E-state index contributed by atoms with van der Waals surface area (Å²) < 4.78 is 6.94. The predicted molar refractivity (Wildman–Crippen MR) is 80.1 cm³/mol. The van der Waals surface area contributed by atoms with Crippen molar-refractivity contribution in [3.05, 3.63) is 34.9 Å². The lowest BCUT2D eigenvalue weighted by molar-refractivity contribution is -0.130. The fourth-order valence-electron chi connectivity index (χ4n) is 2.64. The summed E-state index contributed by atoms with van der Waals surface area (Å²) in [7, 11) is 1.78. The number of rotatable bonds is 3. The number of aryl methyl sites for hydroxylation is 1. The summed E-state index contributed by atoms with van der Waals surface area (Å²) in [5, 5.41) is 3.44. The standard InChI is InChI=1S/C15H15N3O4/c1-17-9-12(11-8-10(16-21)2-3-13(11)17)14(19)15(20)18-4-6-22-7-5-18/h2-3,8-9H,4-7H2,1H3. The first-order valence-corrected chi connectivity index (χ1v) is 6.95. The molecule has 0 atom stereocenters. The molecule has 1 aliphatic heterocycles. The lowest BCUT2D eigenvalue weighted by Gasteiger charge is -2.25. The van der Waals surface area contributed by atoms with Crippen molar-refractivity contribution >= 4 is 28.3 Å². The van der Waals surface area contributed by atoms with E-state index >= 15 is 0 Å². The Labute approximate surface area is 126 Å². The second-order valence-corrected chi connectivity index (χ2v) is 5.18. The number of morpholine rings is 1. The summed E-state index contributed by atoms with van der Waals surface area (Å²) in [5.41, 5.74) is 1.29. The highest BCUT2D eigenvalue weighted by Gasteiger charge is 2.27. The SMILES string of the molecule is Cn1cc(C(=O)C(=O)N2CCOCC2)c2cc(N=O)ccc21. The molecule has 0 bridgehead atoms. The smallest absolute Gasteiger partial charge is 0.295 e. The Balaban J connectivity index is 1.99. The van der Waals surface area contributed by atoms with Crippen molar-refractivity contribution in [2.24, 2.45) is 12.2 Å². The third-order valence-electron chi connectivity index (χ3n) is 3.82. The summed E-state index contributed by atoms with van der Waals surface area (Å²) in [5.74, 6) is -1.11. The van der Waals surface area contributed by atoms with Gasteiger partial charge in [-0.2, -0.15) is 0 Å². The first kappa shape index (κ1) is 14.4. The molecule has 0 radical (unpaired) electrons. The van der Waals surface area contributed by atoms with Gasteiger partial charge >= 0.3 is 0 Å². The third-order valence-corrected chi connectivity index (χ3v) is 3.82. The molecule has 2 heterocycles. The van der Waals surface area contributed by atoms with Gasteiger partial charge in [-0.1, -0.05) is 0 Å². The monoisotopic (exact) mass is 301 g/mol. The van der Waals surface area contributed by atoms with Gasteiger partial charge in [-0.3, -0.25) is 9.59 Å². The molecule has 0 N–H and O–H groups in total. The van der Waals surface area contributed by atoms with E-state index in [1.54, 1.807) is 29.9 Å². The quantitative estimate of drug-likeness (QED) is 0.490. The number of hydrogen-bond donors (Lipinski definition) is 0. The number of hydrogen-bond acceptors (Lipinski definition) is 5. The zero-order valence-corrected chi connectivity index (χ0v) is 12.1. The Morgan fingerprint density at radius 2 is 1.95 bits per heavy atom. The van der Waals surface area contributed by atoms with E-state index in [4.69, 9.17) is 4.74 Å². The van der Waals surface area contributed by atoms with Crippen molar-refractivity contribution in [1.82, 2.24) is 9.47 Å². The number of carbonyl (C=O) groups is 2. The average molecular weight is 301 g/mol. The zero-order chi connectivity index (χ0) is 15.7. The molecule has 1 aliphatic rings. The van der Waals surface area contributed by atoms with Crippen molar-refractivity contribution in [1.29, 1.82) is 0 Å². The maximum Gasteiger partial charge on any atom is 0.295 e. The fraction of sp³-hybridized carbons (Fsp3) is 0.333. The van der Waals surface area contributed by atoms with Gasteiger partial charge in [0, 0.05) is 37.2 Å². The highest BCUT2D eigenvalue weighted by molar-refractivity contribution is 6.45. The van der Waals surface area contributed by atoms with Crippen molar-refractivity contribution in [2.75, 3.05) is 26.3 Å².